The summed E-state index contributed by atoms with van der Waals surface area (Å²) in [6.07, 6.45) is 3.42. The minimum Gasteiger partial charge on any atom is -0.505 e. The fourth-order valence-corrected chi connectivity index (χ4v) is 1.58. The SMILES string of the molecule is CC(NCc1cccc(F)c1O)c1ncc[nH]1. The second-order valence-corrected chi connectivity index (χ2v) is 3.82. The van der Waals surface area contributed by atoms with Gasteiger partial charge < -0.3 is 15.4 Å². The number of hydrogen-bond acceptors (Lipinski definition) is 3. The summed E-state index contributed by atoms with van der Waals surface area (Å²) in [4.78, 5) is 7.10. The van der Waals surface area contributed by atoms with E-state index in [4.69, 9.17) is 0 Å². The summed E-state index contributed by atoms with van der Waals surface area (Å²) in [7, 11) is 0. The van der Waals surface area contributed by atoms with Crippen molar-refractivity contribution in [3.8, 4) is 5.75 Å². The van der Waals surface area contributed by atoms with Crippen LogP contribution in [0.1, 0.15) is 24.4 Å². The number of nitrogens with one attached hydrogen (secondary N) is 2. The molecule has 17 heavy (non-hydrogen) atoms. The molecule has 0 aliphatic carbocycles. The van der Waals surface area contributed by atoms with Crippen molar-refractivity contribution >= 4 is 0 Å². The van der Waals surface area contributed by atoms with Crippen molar-refractivity contribution in [2.75, 3.05) is 0 Å². The monoisotopic (exact) mass is 235 g/mol. The standard InChI is InChI=1S/C12H14FN3O/c1-8(12-14-5-6-15-12)16-7-9-3-2-4-10(13)11(9)17/h2-6,8,16-17H,7H2,1H3,(H,14,15). The minimum absolute atomic E-state index is 0.00710. The van der Waals surface area contributed by atoms with Gasteiger partial charge in [-0.15, -0.1) is 0 Å². The molecule has 3 N–H and O–H groups in total. The van der Waals surface area contributed by atoms with Gasteiger partial charge >= 0.3 is 0 Å². The number of H-pyrrole nitrogens is 1. The predicted molar refractivity (Wildman–Crippen MR) is 61.9 cm³/mol. The van der Waals surface area contributed by atoms with Crippen molar-refractivity contribution in [2.45, 2.75) is 19.5 Å². The zero-order chi connectivity index (χ0) is 12.3. The highest BCUT2D eigenvalue weighted by Gasteiger charge is 2.10. The zero-order valence-electron chi connectivity index (χ0n) is 9.44. The van der Waals surface area contributed by atoms with Crippen LogP contribution in [-0.4, -0.2) is 15.1 Å². The van der Waals surface area contributed by atoms with Crippen LogP contribution >= 0.6 is 0 Å². The Kier molecular flexibility index (Phi) is 3.39. The molecule has 0 aliphatic rings. The highest BCUT2D eigenvalue weighted by molar-refractivity contribution is 5.33. The number of hydrogen-bond donors (Lipinski definition) is 3. The summed E-state index contributed by atoms with van der Waals surface area (Å²) in [6, 6.07) is 4.49. The van der Waals surface area contributed by atoms with Crippen molar-refractivity contribution < 1.29 is 9.50 Å². The average Bonchev–Trinajstić information content (AvgIpc) is 2.84. The van der Waals surface area contributed by atoms with E-state index in [9.17, 15) is 9.50 Å². The number of halogens is 1. The van der Waals surface area contributed by atoms with Crippen molar-refractivity contribution in [3.05, 3.63) is 47.8 Å². The van der Waals surface area contributed by atoms with Gasteiger partial charge in [0.1, 0.15) is 5.82 Å². The van der Waals surface area contributed by atoms with Crippen molar-refractivity contribution in [1.29, 1.82) is 0 Å². The van der Waals surface area contributed by atoms with E-state index >= 15 is 0 Å². The summed E-state index contributed by atoms with van der Waals surface area (Å²) < 4.78 is 13.1. The molecule has 1 heterocycles. The third-order valence-electron chi connectivity index (χ3n) is 2.60. The minimum atomic E-state index is -0.602. The maximum atomic E-state index is 13.1. The summed E-state index contributed by atoms with van der Waals surface area (Å²) in [5.74, 6) is -0.0949. The fraction of sp³-hybridized carbons (Fsp3) is 0.250. The zero-order valence-corrected chi connectivity index (χ0v) is 9.44. The molecule has 4 nitrogen and oxygen atoms in total. The third-order valence-corrected chi connectivity index (χ3v) is 2.60. The molecule has 1 aromatic carbocycles. The maximum Gasteiger partial charge on any atom is 0.165 e. The van der Waals surface area contributed by atoms with Crippen LogP contribution in [0.15, 0.2) is 30.6 Å². The smallest absolute Gasteiger partial charge is 0.165 e. The van der Waals surface area contributed by atoms with Gasteiger partial charge in [-0.2, -0.15) is 0 Å². The number of benzene rings is 1. The predicted octanol–water partition coefficient (Wildman–Crippen LogP) is 2.11. The Morgan fingerprint density at radius 3 is 3.06 bits per heavy atom. The van der Waals surface area contributed by atoms with E-state index in [1.807, 2.05) is 6.92 Å². The van der Waals surface area contributed by atoms with Crippen molar-refractivity contribution in [2.24, 2.45) is 0 Å². The first kappa shape index (κ1) is 11.6. The molecule has 0 aliphatic heterocycles. The van der Waals surface area contributed by atoms with Crippen LogP contribution in [-0.2, 0) is 6.54 Å². The molecule has 1 atom stereocenters. The van der Waals surface area contributed by atoms with Gasteiger partial charge in [-0.25, -0.2) is 9.37 Å². The Hall–Kier alpha value is -1.88. The Bertz CT molecular complexity index is 485. The van der Waals surface area contributed by atoms with Gasteiger partial charge in [0.25, 0.3) is 0 Å². The number of rotatable bonds is 4. The molecular formula is C12H14FN3O. The lowest BCUT2D eigenvalue weighted by atomic mass is 10.2. The molecular weight excluding hydrogens is 221 g/mol. The van der Waals surface area contributed by atoms with Crippen LogP contribution in [0.5, 0.6) is 5.75 Å². The molecule has 1 aromatic heterocycles. The topological polar surface area (TPSA) is 60.9 Å². The van der Waals surface area contributed by atoms with E-state index in [2.05, 4.69) is 15.3 Å². The molecule has 0 amide bonds. The first-order valence-electron chi connectivity index (χ1n) is 5.37. The van der Waals surface area contributed by atoms with Crippen molar-refractivity contribution in [3.63, 3.8) is 0 Å². The molecule has 0 saturated carbocycles. The average molecular weight is 235 g/mol. The lowest BCUT2D eigenvalue weighted by Gasteiger charge is -2.12. The van der Waals surface area contributed by atoms with Crippen LogP contribution < -0.4 is 5.32 Å². The number of aromatic amines is 1. The summed E-state index contributed by atoms with van der Waals surface area (Å²) in [5, 5.41) is 12.7. The maximum absolute atomic E-state index is 13.1. The number of phenols is 1. The van der Waals surface area contributed by atoms with Gasteiger partial charge in [0.2, 0.25) is 0 Å². The Labute approximate surface area is 98.5 Å². The summed E-state index contributed by atoms with van der Waals surface area (Å²) in [5.41, 5.74) is 0.531. The molecule has 0 bridgehead atoms. The molecule has 5 heteroatoms. The first-order valence-corrected chi connectivity index (χ1v) is 5.37. The molecule has 0 saturated heterocycles. The van der Waals surface area contributed by atoms with E-state index in [1.54, 1.807) is 24.5 Å². The van der Waals surface area contributed by atoms with E-state index < -0.39 is 5.82 Å². The summed E-state index contributed by atoms with van der Waals surface area (Å²) in [6.45, 7) is 2.32. The number of phenolic OH excluding ortho intramolecular Hbond substituents is 1. The highest BCUT2D eigenvalue weighted by atomic mass is 19.1. The number of nitrogens with zero attached hydrogens (tertiary/aromatic N) is 1. The second kappa shape index (κ2) is 4.97. The normalized spacial score (nSPS) is 12.6. The van der Waals surface area contributed by atoms with Crippen molar-refractivity contribution in [1.82, 2.24) is 15.3 Å². The molecule has 2 rings (SSSR count). The highest BCUT2D eigenvalue weighted by Crippen LogP contribution is 2.21. The van der Waals surface area contributed by atoms with E-state index in [-0.39, 0.29) is 11.8 Å². The number of para-hydroxylation sites is 1. The van der Waals surface area contributed by atoms with Gasteiger partial charge in [-0.1, -0.05) is 12.1 Å². The quantitative estimate of drug-likeness (QED) is 0.760. The van der Waals surface area contributed by atoms with E-state index in [1.165, 1.54) is 6.07 Å². The second-order valence-electron chi connectivity index (χ2n) is 3.82. The van der Waals surface area contributed by atoms with Crippen LogP contribution in [0.2, 0.25) is 0 Å². The van der Waals surface area contributed by atoms with Gasteiger partial charge in [-0.05, 0) is 13.0 Å². The summed E-state index contributed by atoms with van der Waals surface area (Å²) >= 11 is 0. The fourth-order valence-electron chi connectivity index (χ4n) is 1.58. The number of aromatic nitrogens is 2. The van der Waals surface area contributed by atoms with Crippen LogP contribution in [0.25, 0.3) is 0 Å². The molecule has 1 unspecified atom stereocenters. The molecule has 0 radical (unpaired) electrons. The van der Waals surface area contributed by atoms with Crippen LogP contribution in [0.4, 0.5) is 4.39 Å². The first-order chi connectivity index (χ1) is 8.18. The van der Waals surface area contributed by atoms with Gasteiger partial charge in [0, 0.05) is 24.5 Å². The Morgan fingerprint density at radius 1 is 1.53 bits per heavy atom. The van der Waals surface area contributed by atoms with E-state index in [0.29, 0.717) is 12.1 Å². The molecule has 0 fully saturated rings. The molecule has 2 aromatic rings. The van der Waals surface area contributed by atoms with E-state index in [0.717, 1.165) is 5.82 Å². The lowest BCUT2D eigenvalue weighted by molar-refractivity contribution is 0.420. The molecule has 0 spiro atoms. The third kappa shape index (κ3) is 2.62. The lowest BCUT2D eigenvalue weighted by Crippen LogP contribution is -2.19. The van der Waals surface area contributed by atoms with Gasteiger partial charge in [-0.3, -0.25) is 0 Å². The Morgan fingerprint density at radius 2 is 2.35 bits per heavy atom. The largest absolute Gasteiger partial charge is 0.505 e. The Balaban J connectivity index is 2.00. The number of aromatic hydroxyl groups is 1. The molecule has 90 valence electrons. The number of imidazole rings is 1. The van der Waals surface area contributed by atoms with Crippen LogP contribution in [0, 0.1) is 5.82 Å². The van der Waals surface area contributed by atoms with Gasteiger partial charge in [0.05, 0.1) is 6.04 Å². The van der Waals surface area contributed by atoms with Gasteiger partial charge in [0.15, 0.2) is 11.6 Å². The van der Waals surface area contributed by atoms with Crippen LogP contribution in [0.3, 0.4) is 0 Å².